The van der Waals surface area contributed by atoms with E-state index in [-0.39, 0.29) is 12.4 Å². The van der Waals surface area contributed by atoms with E-state index in [4.69, 9.17) is 4.74 Å². The van der Waals surface area contributed by atoms with E-state index in [0.29, 0.717) is 0 Å². The molecule has 7 heteroatoms. The summed E-state index contributed by atoms with van der Waals surface area (Å²) in [6.07, 6.45) is -5.26. The van der Waals surface area contributed by atoms with Crippen LogP contribution in [0.2, 0.25) is 0 Å². The molecule has 0 aliphatic rings. The summed E-state index contributed by atoms with van der Waals surface area (Å²) < 4.78 is 44.9. The highest BCUT2D eigenvalue weighted by molar-refractivity contribution is 9.10. The van der Waals surface area contributed by atoms with E-state index in [1.807, 2.05) is 25.1 Å². The number of aliphatic hydroxyl groups is 1. The number of alkyl halides is 3. The Morgan fingerprint density at radius 2 is 1.84 bits per heavy atom. The molecule has 132 valence electrons. The van der Waals surface area contributed by atoms with Gasteiger partial charge in [-0.15, -0.1) is 11.3 Å². The molecular formula is C18H14BrF3O2S. The molecule has 2 nitrogen and oxygen atoms in total. The van der Waals surface area contributed by atoms with Crippen molar-refractivity contribution in [1.29, 1.82) is 0 Å². The van der Waals surface area contributed by atoms with Gasteiger partial charge in [0.25, 0.3) is 0 Å². The highest BCUT2D eigenvalue weighted by Crippen LogP contribution is 2.39. The molecule has 0 radical (unpaired) electrons. The molecule has 2 aromatic carbocycles. The number of thiophene rings is 1. The first-order valence-corrected chi connectivity index (χ1v) is 9.03. The third-order valence-electron chi connectivity index (χ3n) is 3.70. The van der Waals surface area contributed by atoms with E-state index in [9.17, 15) is 18.3 Å². The zero-order valence-corrected chi connectivity index (χ0v) is 15.5. The summed E-state index contributed by atoms with van der Waals surface area (Å²) in [5, 5.41) is 11.4. The summed E-state index contributed by atoms with van der Waals surface area (Å²) in [7, 11) is 0. The van der Waals surface area contributed by atoms with E-state index in [1.165, 1.54) is 23.5 Å². The van der Waals surface area contributed by atoms with Gasteiger partial charge in [0.1, 0.15) is 18.5 Å². The van der Waals surface area contributed by atoms with Gasteiger partial charge in [0.05, 0.1) is 10.4 Å². The third-order valence-corrected chi connectivity index (χ3v) is 6.09. The Morgan fingerprint density at radius 1 is 1.16 bits per heavy atom. The van der Waals surface area contributed by atoms with Crippen LogP contribution in [0.25, 0.3) is 10.1 Å². The summed E-state index contributed by atoms with van der Waals surface area (Å²) in [4.78, 5) is 0.729. The number of benzene rings is 2. The predicted octanol–water partition coefficient (Wildman–Crippen LogP) is 6.10. The van der Waals surface area contributed by atoms with Crippen molar-refractivity contribution in [2.45, 2.75) is 19.2 Å². The van der Waals surface area contributed by atoms with Crippen molar-refractivity contribution in [2.24, 2.45) is 0 Å². The number of hydrogen-bond acceptors (Lipinski definition) is 3. The molecule has 0 aliphatic heterocycles. The van der Waals surface area contributed by atoms with E-state index in [0.717, 1.165) is 37.1 Å². The largest absolute Gasteiger partial charge is 0.490 e. The molecule has 3 rings (SSSR count). The number of fused-ring (bicyclic) bond motifs is 1. The van der Waals surface area contributed by atoms with Crippen molar-refractivity contribution in [3.05, 3.63) is 62.9 Å². The molecule has 1 atom stereocenters. The van der Waals surface area contributed by atoms with E-state index >= 15 is 0 Å². The first kappa shape index (κ1) is 18.2. The van der Waals surface area contributed by atoms with Crippen molar-refractivity contribution in [2.75, 3.05) is 6.61 Å². The first-order chi connectivity index (χ1) is 11.8. The Hall–Kier alpha value is -1.57. The molecule has 1 heterocycles. The second-order valence-electron chi connectivity index (χ2n) is 5.63. The van der Waals surface area contributed by atoms with Gasteiger partial charge in [0, 0.05) is 14.6 Å². The lowest BCUT2D eigenvalue weighted by Crippen LogP contribution is -2.09. The summed E-state index contributed by atoms with van der Waals surface area (Å²) in [5.74, 6) is 0.278. The van der Waals surface area contributed by atoms with Gasteiger partial charge >= 0.3 is 6.18 Å². The lowest BCUT2D eigenvalue weighted by atomic mass is 10.1. The molecule has 1 aromatic heterocycles. The maximum atomic E-state index is 12.5. The van der Waals surface area contributed by atoms with Crippen molar-refractivity contribution in [1.82, 2.24) is 0 Å². The van der Waals surface area contributed by atoms with Gasteiger partial charge in [-0.2, -0.15) is 13.2 Å². The standard InChI is InChI=1S/C18H14BrF3O2S/c1-10-2-7-15-13(8-10)16(19)17(25-15)14(23)9-24-12-5-3-11(4-6-12)18(20,21)22/h2-8,14,23H,9H2,1H3. The summed E-state index contributed by atoms with van der Waals surface area (Å²) >= 11 is 4.97. The van der Waals surface area contributed by atoms with Crippen LogP contribution in [0.4, 0.5) is 13.2 Å². The van der Waals surface area contributed by atoms with Gasteiger partial charge in [-0.05, 0) is 59.3 Å². The molecule has 0 fully saturated rings. The van der Waals surface area contributed by atoms with Crippen LogP contribution in [0.3, 0.4) is 0 Å². The maximum Gasteiger partial charge on any atom is 0.416 e. The fraction of sp³-hybridized carbons (Fsp3) is 0.222. The third kappa shape index (κ3) is 3.99. The topological polar surface area (TPSA) is 29.5 Å². The number of aliphatic hydroxyl groups excluding tert-OH is 1. The van der Waals surface area contributed by atoms with E-state index < -0.39 is 17.8 Å². The normalized spacial score (nSPS) is 13.2. The SMILES string of the molecule is Cc1ccc2sc(C(O)COc3ccc(C(F)(F)F)cc3)c(Br)c2c1. The van der Waals surface area contributed by atoms with Gasteiger partial charge < -0.3 is 9.84 Å². The Labute approximate surface area is 155 Å². The highest BCUT2D eigenvalue weighted by Gasteiger charge is 2.30. The van der Waals surface area contributed by atoms with Crippen LogP contribution < -0.4 is 4.74 Å². The van der Waals surface area contributed by atoms with Crippen molar-refractivity contribution >= 4 is 37.4 Å². The predicted molar refractivity (Wildman–Crippen MR) is 96.2 cm³/mol. The Balaban J connectivity index is 1.72. The number of rotatable bonds is 4. The van der Waals surface area contributed by atoms with Gasteiger partial charge in [-0.1, -0.05) is 11.6 Å². The van der Waals surface area contributed by atoms with E-state index in [2.05, 4.69) is 15.9 Å². The molecule has 0 saturated carbocycles. The molecule has 3 aromatic rings. The van der Waals surface area contributed by atoms with Crippen molar-refractivity contribution in [3.63, 3.8) is 0 Å². The Kier molecular flexibility index (Phi) is 5.09. The Morgan fingerprint density at radius 3 is 2.48 bits per heavy atom. The second-order valence-corrected chi connectivity index (χ2v) is 7.51. The van der Waals surface area contributed by atoms with Crippen LogP contribution in [0.1, 0.15) is 22.1 Å². The Bertz CT molecular complexity index is 888. The highest BCUT2D eigenvalue weighted by atomic mass is 79.9. The number of halogens is 4. The minimum Gasteiger partial charge on any atom is -0.490 e. The monoisotopic (exact) mass is 430 g/mol. The van der Waals surface area contributed by atoms with Gasteiger partial charge in [0.15, 0.2) is 0 Å². The summed E-state index contributed by atoms with van der Waals surface area (Å²) in [6.45, 7) is 1.95. The molecule has 25 heavy (non-hydrogen) atoms. The lowest BCUT2D eigenvalue weighted by molar-refractivity contribution is -0.137. The van der Waals surface area contributed by atoms with Crippen LogP contribution in [0.15, 0.2) is 46.9 Å². The lowest BCUT2D eigenvalue weighted by Gasteiger charge is -2.12. The summed E-state index contributed by atoms with van der Waals surface area (Å²) in [5.41, 5.74) is 0.385. The zero-order chi connectivity index (χ0) is 18.2. The van der Waals surface area contributed by atoms with Crippen molar-refractivity contribution in [3.8, 4) is 5.75 Å². The number of hydrogen-bond donors (Lipinski definition) is 1. The average Bonchev–Trinajstić information content (AvgIpc) is 2.89. The number of ether oxygens (including phenoxy) is 1. The molecule has 0 saturated heterocycles. The average molecular weight is 431 g/mol. The minimum absolute atomic E-state index is 0.0459. The molecule has 0 bridgehead atoms. The molecule has 1 unspecified atom stereocenters. The molecule has 0 amide bonds. The molecule has 0 spiro atoms. The minimum atomic E-state index is -4.38. The van der Waals surface area contributed by atoms with Crippen LogP contribution >= 0.6 is 27.3 Å². The number of aryl methyl sites for hydroxylation is 1. The molecule has 0 aliphatic carbocycles. The van der Waals surface area contributed by atoms with Gasteiger partial charge in [-0.25, -0.2) is 0 Å². The van der Waals surface area contributed by atoms with Crippen LogP contribution in [-0.4, -0.2) is 11.7 Å². The van der Waals surface area contributed by atoms with E-state index in [1.54, 1.807) is 0 Å². The van der Waals surface area contributed by atoms with Gasteiger partial charge in [-0.3, -0.25) is 0 Å². The zero-order valence-electron chi connectivity index (χ0n) is 13.1. The first-order valence-electron chi connectivity index (χ1n) is 7.42. The fourth-order valence-electron chi connectivity index (χ4n) is 2.41. The van der Waals surface area contributed by atoms with Crippen LogP contribution in [-0.2, 0) is 6.18 Å². The quantitative estimate of drug-likeness (QED) is 0.541. The molecular weight excluding hydrogens is 417 g/mol. The van der Waals surface area contributed by atoms with Crippen LogP contribution in [0.5, 0.6) is 5.75 Å². The summed E-state index contributed by atoms with van der Waals surface area (Å²) in [6, 6.07) is 10.4. The van der Waals surface area contributed by atoms with Gasteiger partial charge in [0.2, 0.25) is 0 Å². The molecule has 1 N–H and O–H groups in total. The second kappa shape index (κ2) is 6.97. The smallest absolute Gasteiger partial charge is 0.416 e. The fourth-order valence-corrected chi connectivity index (χ4v) is 4.42. The van der Waals surface area contributed by atoms with Crippen LogP contribution in [0, 0.1) is 6.92 Å². The van der Waals surface area contributed by atoms with Crippen molar-refractivity contribution < 1.29 is 23.0 Å². The maximum absolute atomic E-state index is 12.5.